The lowest BCUT2D eigenvalue weighted by molar-refractivity contribution is -0.0300. The fourth-order valence-corrected chi connectivity index (χ4v) is 5.18. The Labute approximate surface area is 171 Å². The van der Waals surface area contributed by atoms with E-state index in [0.29, 0.717) is 13.2 Å². The molecule has 3 saturated heterocycles. The molecule has 0 unspecified atom stereocenters. The number of carbonyl (C=O) groups is 1. The second kappa shape index (κ2) is 7.45. The van der Waals surface area contributed by atoms with Gasteiger partial charge in [0.2, 0.25) is 0 Å². The van der Waals surface area contributed by atoms with Gasteiger partial charge in [0, 0.05) is 12.0 Å². The molecule has 0 aromatic heterocycles. The van der Waals surface area contributed by atoms with E-state index in [-0.39, 0.29) is 23.4 Å². The summed E-state index contributed by atoms with van der Waals surface area (Å²) in [7, 11) is 0. The molecule has 4 aliphatic rings. The van der Waals surface area contributed by atoms with Crippen LogP contribution in [0.3, 0.4) is 0 Å². The zero-order chi connectivity index (χ0) is 19.8. The maximum absolute atomic E-state index is 13.5. The van der Waals surface area contributed by atoms with E-state index in [1.165, 1.54) is 17.7 Å². The van der Waals surface area contributed by atoms with Gasteiger partial charge in [0.05, 0.1) is 12.6 Å². The number of hydrogen-bond donors (Lipinski definition) is 0. The summed E-state index contributed by atoms with van der Waals surface area (Å²) < 4.78 is 19.4. The van der Waals surface area contributed by atoms with Gasteiger partial charge in [-0.1, -0.05) is 36.4 Å². The Bertz CT molecular complexity index is 876. The minimum atomic E-state index is -0.269. The van der Waals surface area contributed by atoms with Crippen molar-refractivity contribution in [1.29, 1.82) is 0 Å². The molecular weight excluding hydrogens is 367 g/mol. The number of nitrogens with zero attached hydrogens (tertiary/aromatic N) is 2. The Morgan fingerprint density at radius 1 is 1.00 bits per heavy atom. The van der Waals surface area contributed by atoms with Gasteiger partial charge >= 0.3 is 6.09 Å². The first-order chi connectivity index (χ1) is 14.1. The molecule has 5 heteroatoms. The van der Waals surface area contributed by atoms with Crippen molar-refractivity contribution in [2.75, 3.05) is 32.8 Å². The fraction of sp³-hybridized carbons (Fsp3) is 0.458. The number of benzene rings is 2. The van der Waals surface area contributed by atoms with Gasteiger partial charge in [-0.05, 0) is 74.1 Å². The molecule has 2 aromatic rings. The molecule has 3 fully saturated rings. The Kier molecular flexibility index (Phi) is 4.78. The topological polar surface area (TPSA) is 32.8 Å². The highest BCUT2D eigenvalue weighted by atomic mass is 19.1. The molecule has 4 nitrogen and oxygen atoms in total. The number of halogens is 1. The molecule has 0 saturated carbocycles. The average molecular weight is 394 g/mol. The first-order valence-electron chi connectivity index (χ1n) is 10.6. The molecular formula is C24H27FN2O2. The number of piperidine rings is 3. The van der Waals surface area contributed by atoms with Crippen LogP contribution in [-0.4, -0.2) is 48.7 Å². The molecule has 0 radical (unpaired) electrons. The van der Waals surface area contributed by atoms with Crippen molar-refractivity contribution in [1.82, 2.24) is 9.80 Å². The van der Waals surface area contributed by atoms with Crippen molar-refractivity contribution in [2.45, 2.75) is 31.7 Å². The van der Waals surface area contributed by atoms with Crippen LogP contribution in [0.1, 0.15) is 42.0 Å². The molecule has 2 aromatic carbocycles. The third-order valence-corrected chi connectivity index (χ3v) is 7.08. The number of rotatable bonds is 3. The summed E-state index contributed by atoms with van der Waals surface area (Å²) in [5, 5.41) is 0. The van der Waals surface area contributed by atoms with Gasteiger partial charge in [0.25, 0.3) is 0 Å². The summed E-state index contributed by atoms with van der Waals surface area (Å²) >= 11 is 0. The summed E-state index contributed by atoms with van der Waals surface area (Å²) in [6, 6.07) is 14.5. The molecule has 6 rings (SSSR count). The second-order valence-corrected chi connectivity index (χ2v) is 8.74. The average Bonchev–Trinajstić information content (AvgIpc) is 2.79. The monoisotopic (exact) mass is 394 g/mol. The van der Waals surface area contributed by atoms with Crippen molar-refractivity contribution >= 4 is 6.09 Å². The van der Waals surface area contributed by atoms with Crippen LogP contribution in [0.25, 0.3) is 0 Å². The Morgan fingerprint density at radius 3 is 2.41 bits per heavy atom. The third kappa shape index (κ3) is 3.52. The number of ether oxygens (including phenoxy) is 1. The van der Waals surface area contributed by atoms with Crippen molar-refractivity contribution in [3.05, 3.63) is 71.0 Å². The normalized spacial score (nSPS) is 28.1. The van der Waals surface area contributed by atoms with Crippen LogP contribution < -0.4 is 0 Å². The van der Waals surface area contributed by atoms with Crippen molar-refractivity contribution < 1.29 is 13.9 Å². The van der Waals surface area contributed by atoms with Crippen LogP contribution in [0.5, 0.6) is 0 Å². The van der Waals surface area contributed by atoms with E-state index in [2.05, 4.69) is 17.0 Å². The lowest BCUT2D eigenvalue weighted by Gasteiger charge is -2.48. The second-order valence-electron chi connectivity index (χ2n) is 8.74. The lowest BCUT2D eigenvalue weighted by Crippen LogP contribution is -2.51. The largest absolute Gasteiger partial charge is 0.449 e. The van der Waals surface area contributed by atoms with E-state index in [1.54, 1.807) is 12.1 Å². The summed E-state index contributed by atoms with van der Waals surface area (Å²) in [5.74, 6) is -0.269. The zero-order valence-corrected chi connectivity index (χ0v) is 16.6. The first kappa shape index (κ1) is 18.6. The van der Waals surface area contributed by atoms with E-state index in [1.807, 2.05) is 17.0 Å². The Morgan fingerprint density at radius 2 is 1.69 bits per heavy atom. The summed E-state index contributed by atoms with van der Waals surface area (Å²) in [5.41, 5.74) is 3.42. The molecule has 2 bridgehead atoms. The van der Waals surface area contributed by atoms with Crippen LogP contribution in [-0.2, 0) is 11.2 Å². The van der Waals surface area contributed by atoms with Crippen LogP contribution in [0.2, 0.25) is 0 Å². The van der Waals surface area contributed by atoms with Crippen LogP contribution in [0, 0.1) is 11.2 Å². The number of hydrogen-bond acceptors (Lipinski definition) is 3. The zero-order valence-electron chi connectivity index (χ0n) is 16.6. The molecule has 0 aliphatic carbocycles. The first-order valence-corrected chi connectivity index (χ1v) is 10.6. The summed E-state index contributed by atoms with van der Waals surface area (Å²) in [4.78, 5) is 17.5. The molecule has 1 amide bonds. The maximum Gasteiger partial charge on any atom is 0.410 e. The molecule has 152 valence electrons. The minimum Gasteiger partial charge on any atom is -0.449 e. The third-order valence-electron chi connectivity index (χ3n) is 7.08. The predicted molar refractivity (Wildman–Crippen MR) is 109 cm³/mol. The van der Waals surface area contributed by atoms with E-state index < -0.39 is 0 Å². The molecule has 4 aliphatic heterocycles. The van der Waals surface area contributed by atoms with Crippen LogP contribution in [0.4, 0.5) is 9.18 Å². The van der Waals surface area contributed by atoms with Crippen molar-refractivity contribution in [3.8, 4) is 0 Å². The smallest absolute Gasteiger partial charge is 0.410 e. The van der Waals surface area contributed by atoms with Gasteiger partial charge in [-0.2, -0.15) is 0 Å². The number of fused-ring (bicyclic) bond motifs is 4. The number of carbonyl (C=O) groups excluding carboxylic acids is 1. The quantitative estimate of drug-likeness (QED) is 0.774. The van der Waals surface area contributed by atoms with E-state index in [0.717, 1.165) is 56.4 Å². The molecule has 29 heavy (non-hydrogen) atoms. The fourth-order valence-electron chi connectivity index (χ4n) is 5.18. The lowest BCUT2D eigenvalue weighted by atomic mass is 9.73. The van der Waals surface area contributed by atoms with Crippen LogP contribution >= 0.6 is 0 Å². The van der Waals surface area contributed by atoms with Crippen molar-refractivity contribution in [2.24, 2.45) is 5.41 Å². The van der Waals surface area contributed by atoms with Gasteiger partial charge in [-0.25, -0.2) is 9.18 Å². The Balaban J connectivity index is 1.38. The molecule has 1 atom stereocenters. The van der Waals surface area contributed by atoms with E-state index in [9.17, 15) is 9.18 Å². The summed E-state index contributed by atoms with van der Waals surface area (Å²) in [6.45, 7) is 4.47. The van der Waals surface area contributed by atoms with E-state index in [4.69, 9.17) is 4.74 Å². The van der Waals surface area contributed by atoms with Crippen molar-refractivity contribution in [3.63, 3.8) is 0 Å². The van der Waals surface area contributed by atoms with Crippen LogP contribution in [0.15, 0.2) is 48.5 Å². The Hall–Kier alpha value is -2.40. The number of amides is 1. The highest BCUT2D eigenvalue weighted by molar-refractivity contribution is 5.70. The SMILES string of the molecule is O=C(OCC12CCN(CC1)CC2)N1CCc2ccccc2[C@H]1c1ccc(F)cc1. The van der Waals surface area contributed by atoms with Gasteiger partial charge in [0.15, 0.2) is 0 Å². The standard InChI is InChI=1S/C24H27FN2O2/c25-20-7-5-19(6-8-20)22-21-4-2-1-3-18(21)9-13-27(22)23(28)29-17-24-10-14-26(15-11-24)16-12-24/h1-8,22H,9-17H2/t22-/m1/s1. The van der Waals surface area contributed by atoms with Gasteiger partial charge in [0.1, 0.15) is 5.82 Å². The van der Waals surface area contributed by atoms with Gasteiger partial charge in [-0.3, -0.25) is 4.90 Å². The maximum atomic E-state index is 13.5. The van der Waals surface area contributed by atoms with Gasteiger partial charge < -0.3 is 9.64 Å². The molecule has 0 spiro atoms. The van der Waals surface area contributed by atoms with E-state index >= 15 is 0 Å². The summed E-state index contributed by atoms with van der Waals surface area (Å²) in [6.07, 6.45) is 3.90. The van der Waals surface area contributed by atoms with Gasteiger partial charge in [-0.15, -0.1) is 0 Å². The molecule has 4 heterocycles. The molecule has 0 N–H and O–H groups in total. The minimum absolute atomic E-state index is 0.156. The predicted octanol–water partition coefficient (Wildman–Crippen LogP) is 4.40. The highest BCUT2D eigenvalue weighted by Crippen LogP contribution is 2.41. The highest BCUT2D eigenvalue weighted by Gasteiger charge is 2.41.